The first-order chi connectivity index (χ1) is 15.8. The van der Waals surface area contributed by atoms with Crippen LogP contribution >= 0.6 is 0 Å². The number of carbonyl (C=O) groups is 1. The minimum Gasteiger partial charge on any atom is -0.351 e. The van der Waals surface area contributed by atoms with Gasteiger partial charge >= 0.3 is 15.6 Å². The smallest absolute Gasteiger partial charge is 0.351 e. The third-order valence-corrected chi connectivity index (χ3v) is 5.94. The van der Waals surface area contributed by atoms with Gasteiger partial charge in [0.15, 0.2) is 17.4 Å². The number of nitrogens with one attached hydrogen (secondary N) is 2. The van der Waals surface area contributed by atoms with Crippen molar-refractivity contribution in [2.75, 3.05) is 5.32 Å². The number of halogens is 3. The molecule has 186 valence electrons. The number of ether oxygens (including phenoxy) is 1. The highest BCUT2D eigenvalue weighted by Crippen LogP contribution is 2.39. The molecule has 2 N–H and O–H groups in total. The monoisotopic (exact) mass is 508 g/mol. The van der Waals surface area contributed by atoms with Gasteiger partial charge < -0.3 is 4.74 Å². The first-order valence-corrected chi connectivity index (χ1v) is 11.2. The van der Waals surface area contributed by atoms with Gasteiger partial charge in [0.2, 0.25) is 11.9 Å². The van der Waals surface area contributed by atoms with E-state index in [9.17, 15) is 31.2 Å². The van der Waals surface area contributed by atoms with E-state index in [0.717, 1.165) is 10.9 Å². The summed E-state index contributed by atoms with van der Waals surface area (Å²) in [6.07, 6.45) is -3.55. The number of azide groups is 1. The lowest BCUT2D eigenvalue weighted by atomic mass is 10.1. The Labute approximate surface area is 189 Å². The molecule has 3 heterocycles. The average molecular weight is 508 g/mol. The number of alkyl halides is 3. The van der Waals surface area contributed by atoms with Crippen LogP contribution in [0.3, 0.4) is 0 Å². The number of carbonyl (C=O) groups excluding carboxylic acids is 1. The Hall–Kier alpha value is -3.21. The summed E-state index contributed by atoms with van der Waals surface area (Å²) in [5, 5.41) is 5.75. The molecule has 0 bridgehead atoms. The highest BCUT2D eigenvalue weighted by atomic mass is 32.2. The molecular formula is C16H19F3N8O6S. The third-order valence-electron chi connectivity index (χ3n) is 4.89. The van der Waals surface area contributed by atoms with E-state index in [4.69, 9.17) is 10.3 Å². The van der Waals surface area contributed by atoms with E-state index >= 15 is 0 Å². The fourth-order valence-electron chi connectivity index (χ4n) is 3.22. The Morgan fingerprint density at radius 3 is 2.71 bits per heavy atom. The van der Waals surface area contributed by atoms with Gasteiger partial charge in [-0.15, -0.1) is 0 Å². The molecule has 1 fully saturated rings. The van der Waals surface area contributed by atoms with Gasteiger partial charge in [-0.1, -0.05) is 25.9 Å². The van der Waals surface area contributed by atoms with E-state index in [2.05, 4.69) is 34.5 Å². The molecular weight excluding hydrogens is 489 g/mol. The molecule has 1 amide bonds. The molecule has 0 saturated carbocycles. The van der Waals surface area contributed by atoms with Crippen LogP contribution in [-0.2, 0) is 23.8 Å². The van der Waals surface area contributed by atoms with E-state index < -0.39 is 57.5 Å². The first kappa shape index (κ1) is 25.4. The van der Waals surface area contributed by atoms with Crippen LogP contribution in [0.2, 0.25) is 0 Å². The maximum Gasteiger partial charge on any atom is 0.523 e. The number of hydrogen-bond acceptors (Lipinski definition) is 9. The molecule has 0 spiro atoms. The lowest BCUT2D eigenvalue weighted by Crippen LogP contribution is -2.38. The fourth-order valence-corrected chi connectivity index (χ4v) is 3.83. The second-order valence-corrected chi connectivity index (χ2v) is 9.08. The standard InChI is InChI=1S/C16H19F3N8O6S/c1-4-7-8(25-26-20)10(33-34(30,31)16(17,18)19)14(32-7)27-5-21-9-11(27)22-15(24-13(9)29)23-12(28)6(2)3/h5-8,10,14H,4H2,1-3H3,(H2,22,23,24,28,29)/t7-,8-,10+,14-/m1/s1. The number of anilines is 1. The largest absolute Gasteiger partial charge is 0.523 e. The number of aromatic amines is 1. The fraction of sp³-hybridized carbons (Fsp3) is 0.625. The molecule has 0 radical (unpaired) electrons. The Bertz CT molecular complexity index is 1300. The Morgan fingerprint density at radius 1 is 1.47 bits per heavy atom. The molecule has 1 aliphatic heterocycles. The van der Waals surface area contributed by atoms with Gasteiger partial charge in [0.25, 0.3) is 5.56 Å². The van der Waals surface area contributed by atoms with Gasteiger partial charge in [0.1, 0.15) is 6.10 Å². The zero-order valence-electron chi connectivity index (χ0n) is 17.8. The summed E-state index contributed by atoms with van der Waals surface area (Å²) in [5.41, 5.74) is 1.79. The number of rotatable bonds is 7. The van der Waals surface area contributed by atoms with Gasteiger partial charge in [0, 0.05) is 10.8 Å². The lowest BCUT2D eigenvalue weighted by molar-refractivity contribution is -0.118. The predicted molar refractivity (Wildman–Crippen MR) is 109 cm³/mol. The summed E-state index contributed by atoms with van der Waals surface area (Å²) in [7, 11) is -6.13. The van der Waals surface area contributed by atoms with Crippen molar-refractivity contribution in [3.63, 3.8) is 0 Å². The second-order valence-electron chi connectivity index (χ2n) is 7.51. The molecule has 1 aliphatic rings. The van der Waals surface area contributed by atoms with Crippen LogP contribution in [-0.4, -0.2) is 57.6 Å². The summed E-state index contributed by atoms with van der Waals surface area (Å²) in [5.74, 6) is -1.24. The summed E-state index contributed by atoms with van der Waals surface area (Å²) in [6, 6.07) is -1.48. The number of amides is 1. The van der Waals surface area contributed by atoms with Crippen LogP contribution in [0.1, 0.15) is 33.4 Å². The third kappa shape index (κ3) is 4.70. The minimum absolute atomic E-state index is 0.114. The Morgan fingerprint density at radius 2 is 2.15 bits per heavy atom. The molecule has 0 aromatic carbocycles. The molecule has 34 heavy (non-hydrogen) atoms. The lowest BCUT2D eigenvalue weighted by Gasteiger charge is -2.22. The molecule has 4 atom stereocenters. The summed E-state index contributed by atoms with van der Waals surface area (Å²) in [6.45, 7) is 4.75. The zero-order valence-corrected chi connectivity index (χ0v) is 18.7. The Kier molecular flexibility index (Phi) is 6.88. The van der Waals surface area contributed by atoms with Crippen LogP contribution in [0.25, 0.3) is 21.6 Å². The van der Waals surface area contributed by atoms with Crippen LogP contribution in [0.5, 0.6) is 0 Å². The number of nitrogens with zero attached hydrogens (tertiary/aromatic N) is 6. The van der Waals surface area contributed by atoms with Gasteiger partial charge in [-0.05, 0) is 12.0 Å². The van der Waals surface area contributed by atoms with E-state index in [1.54, 1.807) is 20.8 Å². The van der Waals surface area contributed by atoms with Crippen molar-refractivity contribution >= 4 is 33.1 Å². The van der Waals surface area contributed by atoms with Gasteiger partial charge in [-0.3, -0.25) is 28.6 Å². The molecule has 2 aromatic rings. The van der Waals surface area contributed by atoms with Crippen LogP contribution in [0, 0.1) is 5.92 Å². The number of H-pyrrole nitrogens is 1. The van der Waals surface area contributed by atoms with Gasteiger partial charge in [0.05, 0.1) is 18.5 Å². The first-order valence-electron chi connectivity index (χ1n) is 9.77. The zero-order chi connectivity index (χ0) is 25.4. The quantitative estimate of drug-likeness (QED) is 0.186. The molecule has 1 saturated heterocycles. The maximum absolute atomic E-state index is 13.0. The van der Waals surface area contributed by atoms with Crippen LogP contribution in [0.4, 0.5) is 19.1 Å². The van der Waals surface area contributed by atoms with Crippen molar-refractivity contribution in [1.82, 2.24) is 19.5 Å². The van der Waals surface area contributed by atoms with Crippen LogP contribution < -0.4 is 10.9 Å². The topological polar surface area (TPSA) is 194 Å². The highest BCUT2D eigenvalue weighted by molar-refractivity contribution is 7.87. The van der Waals surface area contributed by atoms with E-state index in [-0.39, 0.29) is 23.5 Å². The molecule has 14 nitrogen and oxygen atoms in total. The summed E-state index contributed by atoms with van der Waals surface area (Å²) >= 11 is 0. The molecule has 3 rings (SSSR count). The van der Waals surface area contributed by atoms with Crippen LogP contribution in [0.15, 0.2) is 16.2 Å². The van der Waals surface area contributed by atoms with Crippen molar-refractivity contribution < 1.29 is 35.3 Å². The highest BCUT2D eigenvalue weighted by Gasteiger charge is 2.54. The van der Waals surface area contributed by atoms with E-state index in [1.165, 1.54) is 0 Å². The van der Waals surface area contributed by atoms with Crippen molar-refractivity contribution in [3.8, 4) is 0 Å². The molecule has 0 unspecified atom stereocenters. The number of hydrogen-bond donors (Lipinski definition) is 2. The predicted octanol–water partition coefficient (Wildman–Crippen LogP) is 1.94. The molecule has 18 heteroatoms. The number of aromatic nitrogens is 4. The maximum atomic E-state index is 13.0. The van der Waals surface area contributed by atoms with Crippen molar-refractivity contribution in [2.45, 2.75) is 57.2 Å². The SMILES string of the molecule is CC[C@H]1O[C@@H](n2cnc3c(=O)[nH]c(NC(=O)C(C)C)nc32)[C@@H](OS(=O)(=O)C(F)(F)F)[C@@H]1N=[N+]=[N-]. The summed E-state index contributed by atoms with van der Waals surface area (Å²) < 4.78 is 73.6. The Balaban J connectivity index is 2.13. The van der Waals surface area contributed by atoms with Crippen molar-refractivity contribution in [3.05, 3.63) is 27.1 Å². The average Bonchev–Trinajstić information content (AvgIpc) is 3.29. The van der Waals surface area contributed by atoms with Crippen molar-refractivity contribution in [1.29, 1.82) is 0 Å². The normalized spacial score (nSPS) is 23.3. The van der Waals surface area contributed by atoms with Gasteiger partial charge in [-0.2, -0.15) is 26.6 Å². The number of fused-ring (bicyclic) bond motifs is 1. The summed E-state index contributed by atoms with van der Waals surface area (Å²) in [4.78, 5) is 37.2. The van der Waals surface area contributed by atoms with Gasteiger partial charge in [-0.25, -0.2) is 4.98 Å². The molecule has 0 aliphatic carbocycles. The molecule has 2 aromatic heterocycles. The van der Waals surface area contributed by atoms with E-state index in [0.29, 0.717) is 0 Å². The van der Waals surface area contributed by atoms with Crippen molar-refractivity contribution in [2.24, 2.45) is 11.0 Å². The minimum atomic E-state index is -6.13. The second kappa shape index (κ2) is 9.21. The number of imidazole rings is 1. The van der Waals surface area contributed by atoms with E-state index in [1.807, 2.05) is 0 Å².